The highest BCUT2D eigenvalue weighted by molar-refractivity contribution is 6.31. The summed E-state index contributed by atoms with van der Waals surface area (Å²) in [6.45, 7) is 8.79. The van der Waals surface area contributed by atoms with Gasteiger partial charge in [-0.2, -0.15) is 13.2 Å². The van der Waals surface area contributed by atoms with Gasteiger partial charge in [-0.05, 0) is 48.9 Å². The van der Waals surface area contributed by atoms with Gasteiger partial charge in [0.05, 0.1) is 17.2 Å². The van der Waals surface area contributed by atoms with Crippen LogP contribution in [0.5, 0.6) is 11.5 Å². The number of hydrogen-bond donors (Lipinski definition) is 2. The molecule has 0 aliphatic carbocycles. The van der Waals surface area contributed by atoms with Gasteiger partial charge in [-0.3, -0.25) is 0 Å². The van der Waals surface area contributed by atoms with Gasteiger partial charge in [-0.15, -0.1) is 0 Å². The van der Waals surface area contributed by atoms with E-state index in [9.17, 15) is 18.0 Å². The van der Waals surface area contributed by atoms with E-state index < -0.39 is 22.8 Å². The summed E-state index contributed by atoms with van der Waals surface area (Å²) in [5.41, 5.74) is 0.556. The lowest BCUT2D eigenvalue weighted by Gasteiger charge is -2.14. The SMILES string of the molecule is [C-]#[N+]c1ccc(Oc2cc(NC(=O)Nc3ccc(Cl)c(C(F)(F)F)c3)ccc2C)cc1. The number of carbonyl (C=O) groups excluding carboxylic acids is 1. The van der Waals surface area contributed by atoms with Crippen molar-refractivity contribution in [2.24, 2.45) is 0 Å². The maximum Gasteiger partial charge on any atom is 0.417 e. The predicted molar refractivity (Wildman–Crippen MR) is 113 cm³/mol. The van der Waals surface area contributed by atoms with Gasteiger partial charge < -0.3 is 15.4 Å². The Bertz CT molecular complexity index is 1160. The van der Waals surface area contributed by atoms with Crippen molar-refractivity contribution >= 4 is 34.7 Å². The Morgan fingerprint density at radius 3 is 2.23 bits per heavy atom. The molecular weight excluding hydrogens is 431 g/mol. The minimum Gasteiger partial charge on any atom is -0.457 e. The minimum atomic E-state index is -4.64. The molecule has 31 heavy (non-hydrogen) atoms. The number of ether oxygens (including phenoxy) is 1. The Labute approximate surface area is 181 Å². The third-order valence-corrected chi connectivity index (χ3v) is 4.50. The lowest BCUT2D eigenvalue weighted by molar-refractivity contribution is -0.137. The van der Waals surface area contributed by atoms with Gasteiger partial charge in [0.2, 0.25) is 0 Å². The van der Waals surface area contributed by atoms with Crippen molar-refractivity contribution in [3.63, 3.8) is 0 Å². The van der Waals surface area contributed by atoms with Crippen molar-refractivity contribution in [2.45, 2.75) is 13.1 Å². The lowest BCUT2D eigenvalue weighted by Crippen LogP contribution is -2.20. The van der Waals surface area contributed by atoms with E-state index in [4.69, 9.17) is 22.9 Å². The van der Waals surface area contributed by atoms with E-state index in [1.807, 2.05) is 6.92 Å². The fourth-order valence-electron chi connectivity index (χ4n) is 2.62. The average molecular weight is 446 g/mol. The number of benzene rings is 3. The third kappa shape index (κ3) is 5.68. The molecule has 0 saturated carbocycles. The number of nitrogens with one attached hydrogen (secondary N) is 2. The number of anilines is 2. The topological polar surface area (TPSA) is 54.7 Å². The first-order valence-corrected chi connectivity index (χ1v) is 9.24. The number of rotatable bonds is 4. The first-order valence-electron chi connectivity index (χ1n) is 8.86. The molecule has 0 saturated heterocycles. The molecule has 0 spiro atoms. The van der Waals surface area contributed by atoms with Crippen LogP contribution in [0.1, 0.15) is 11.1 Å². The number of halogens is 4. The molecule has 5 nitrogen and oxygen atoms in total. The van der Waals surface area contributed by atoms with Crippen LogP contribution >= 0.6 is 11.6 Å². The van der Waals surface area contributed by atoms with Crippen molar-refractivity contribution in [3.8, 4) is 11.5 Å². The Hall–Kier alpha value is -3.70. The van der Waals surface area contributed by atoms with Crippen molar-refractivity contribution in [3.05, 3.63) is 88.2 Å². The van der Waals surface area contributed by atoms with Gasteiger partial charge >= 0.3 is 12.2 Å². The van der Waals surface area contributed by atoms with E-state index in [1.54, 1.807) is 42.5 Å². The predicted octanol–water partition coefficient (Wildman–Crippen LogP) is 7.65. The summed E-state index contributed by atoms with van der Waals surface area (Å²) in [6.07, 6.45) is -4.64. The molecule has 0 radical (unpaired) electrons. The number of aryl methyl sites for hydroxylation is 1. The summed E-state index contributed by atoms with van der Waals surface area (Å²) in [4.78, 5) is 15.6. The highest BCUT2D eigenvalue weighted by Crippen LogP contribution is 2.36. The van der Waals surface area contributed by atoms with Crippen LogP contribution in [0.15, 0.2) is 60.7 Å². The van der Waals surface area contributed by atoms with Gasteiger partial charge in [0.1, 0.15) is 11.5 Å². The van der Waals surface area contributed by atoms with Crippen molar-refractivity contribution in [1.29, 1.82) is 0 Å². The Morgan fingerprint density at radius 2 is 1.61 bits per heavy atom. The van der Waals surface area contributed by atoms with Gasteiger partial charge in [0, 0.05) is 17.4 Å². The Balaban J connectivity index is 1.72. The molecule has 0 heterocycles. The van der Waals surface area contributed by atoms with Crippen molar-refractivity contribution in [1.82, 2.24) is 0 Å². The molecule has 0 bridgehead atoms. The van der Waals surface area contributed by atoms with Gasteiger partial charge in [0.15, 0.2) is 5.69 Å². The van der Waals surface area contributed by atoms with Crippen LogP contribution in [0.3, 0.4) is 0 Å². The van der Waals surface area contributed by atoms with Crippen LogP contribution in [-0.2, 0) is 6.18 Å². The van der Waals surface area contributed by atoms with Crippen molar-refractivity contribution < 1.29 is 22.7 Å². The molecule has 0 aromatic heterocycles. The highest BCUT2D eigenvalue weighted by Gasteiger charge is 2.33. The molecular formula is C22H15ClF3N3O2. The van der Waals surface area contributed by atoms with Gasteiger partial charge in [-0.1, -0.05) is 29.8 Å². The van der Waals surface area contributed by atoms with Crippen LogP contribution in [0.25, 0.3) is 4.85 Å². The van der Waals surface area contributed by atoms with Gasteiger partial charge in [-0.25, -0.2) is 9.64 Å². The maximum absolute atomic E-state index is 13.0. The smallest absolute Gasteiger partial charge is 0.417 e. The zero-order valence-electron chi connectivity index (χ0n) is 16.0. The first kappa shape index (κ1) is 22.0. The zero-order valence-corrected chi connectivity index (χ0v) is 16.8. The largest absolute Gasteiger partial charge is 0.457 e. The number of carbonyl (C=O) groups is 1. The Morgan fingerprint density at radius 1 is 1.00 bits per heavy atom. The molecule has 0 aliphatic rings. The van der Waals surface area contributed by atoms with Crippen LogP contribution in [0.4, 0.5) is 35.0 Å². The summed E-state index contributed by atoms with van der Waals surface area (Å²) in [6, 6.07) is 13.9. The van der Waals surface area contributed by atoms with E-state index in [2.05, 4.69) is 15.5 Å². The summed E-state index contributed by atoms with van der Waals surface area (Å²) >= 11 is 5.59. The van der Waals surface area contributed by atoms with Crippen LogP contribution in [0.2, 0.25) is 5.02 Å². The molecule has 0 aliphatic heterocycles. The van der Waals surface area contributed by atoms with E-state index in [0.717, 1.165) is 17.7 Å². The maximum atomic E-state index is 13.0. The highest BCUT2D eigenvalue weighted by atomic mass is 35.5. The Kier molecular flexibility index (Phi) is 6.37. The van der Waals surface area contributed by atoms with Crippen molar-refractivity contribution in [2.75, 3.05) is 10.6 Å². The second-order valence-electron chi connectivity index (χ2n) is 6.46. The second kappa shape index (κ2) is 8.98. The molecule has 158 valence electrons. The zero-order chi connectivity index (χ0) is 22.6. The number of nitrogens with zero attached hydrogens (tertiary/aromatic N) is 1. The van der Waals surface area contributed by atoms with E-state index in [-0.39, 0.29) is 5.69 Å². The van der Waals surface area contributed by atoms with Gasteiger partial charge in [0.25, 0.3) is 0 Å². The van der Waals surface area contributed by atoms with E-state index in [0.29, 0.717) is 22.9 Å². The fraction of sp³-hybridized carbons (Fsp3) is 0.0909. The second-order valence-corrected chi connectivity index (χ2v) is 6.87. The molecule has 0 unspecified atom stereocenters. The molecule has 0 fully saturated rings. The molecule has 2 amide bonds. The van der Waals surface area contributed by atoms with E-state index in [1.165, 1.54) is 6.07 Å². The van der Waals surface area contributed by atoms with E-state index >= 15 is 0 Å². The fourth-order valence-corrected chi connectivity index (χ4v) is 2.84. The van der Waals surface area contributed by atoms with Crippen LogP contribution in [0, 0.1) is 13.5 Å². The number of hydrogen-bond acceptors (Lipinski definition) is 2. The normalized spacial score (nSPS) is 10.8. The molecule has 2 N–H and O–H groups in total. The van der Waals surface area contributed by atoms with Crippen LogP contribution in [-0.4, -0.2) is 6.03 Å². The molecule has 9 heteroatoms. The summed E-state index contributed by atoms with van der Waals surface area (Å²) in [7, 11) is 0. The first-order chi connectivity index (χ1) is 14.7. The number of amides is 2. The molecule has 0 atom stereocenters. The lowest BCUT2D eigenvalue weighted by atomic mass is 10.2. The number of alkyl halides is 3. The summed E-state index contributed by atoms with van der Waals surface area (Å²) < 4.78 is 44.7. The molecule has 3 aromatic rings. The quantitative estimate of drug-likeness (QED) is 0.405. The molecule has 3 rings (SSSR count). The standard InChI is InChI=1S/C22H15ClF3N3O2/c1-13-3-4-16(12-20(13)31-17-8-5-14(27-2)6-9-17)29-21(30)28-15-7-10-19(23)18(11-15)22(24,25)26/h3-12H,1H3,(H2,28,29,30). The summed E-state index contributed by atoms with van der Waals surface area (Å²) in [5, 5.41) is 4.44. The monoisotopic (exact) mass is 445 g/mol. The van der Waals surface area contributed by atoms with Crippen LogP contribution < -0.4 is 15.4 Å². The molecule has 3 aromatic carbocycles. The average Bonchev–Trinajstić information content (AvgIpc) is 2.71. The minimum absolute atomic E-state index is 0.0577. The third-order valence-electron chi connectivity index (χ3n) is 4.17. The summed E-state index contributed by atoms with van der Waals surface area (Å²) in [5.74, 6) is 0.983. The number of urea groups is 1.